The summed E-state index contributed by atoms with van der Waals surface area (Å²) >= 11 is 8.12. The Labute approximate surface area is 85.3 Å². The molecule has 1 N–H and O–H groups in total. The van der Waals surface area contributed by atoms with E-state index in [-0.39, 0.29) is 6.61 Å². The second-order valence-electron chi connectivity index (χ2n) is 2.74. The molecule has 0 saturated heterocycles. The van der Waals surface area contributed by atoms with E-state index in [0.29, 0.717) is 12.8 Å². The van der Waals surface area contributed by atoms with E-state index in [0.717, 1.165) is 6.42 Å². The van der Waals surface area contributed by atoms with Crippen molar-refractivity contribution < 1.29 is 14.2 Å². The summed E-state index contributed by atoms with van der Waals surface area (Å²) < 4.78 is 3.34. The first-order chi connectivity index (χ1) is 5.54. The van der Waals surface area contributed by atoms with E-state index in [4.69, 9.17) is 17.0 Å². The van der Waals surface area contributed by atoms with E-state index >= 15 is 0 Å². The first kappa shape index (κ1) is 12.2. The number of halogens is 2. The SMILES string of the molecule is CC(Br)(CCCCO)C(=O)OCl. The van der Waals surface area contributed by atoms with Gasteiger partial charge in [0.15, 0.2) is 0 Å². The zero-order chi connectivity index (χ0) is 9.61. The molecule has 0 bridgehead atoms. The Morgan fingerprint density at radius 2 is 2.25 bits per heavy atom. The molecule has 0 rings (SSSR count). The van der Waals surface area contributed by atoms with Crippen LogP contribution in [0.25, 0.3) is 0 Å². The maximum Gasteiger partial charge on any atom is 0.340 e. The number of carbonyl (C=O) groups excluding carboxylic acids is 1. The van der Waals surface area contributed by atoms with E-state index in [2.05, 4.69) is 20.2 Å². The molecular formula is C7H12BrClO3. The van der Waals surface area contributed by atoms with Crippen LogP contribution < -0.4 is 0 Å². The Bertz CT molecular complexity index is 150. The predicted molar refractivity (Wildman–Crippen MR) is 50.2 cm³/mol. The zero-order valence-electron chi connectivity index (χ0n) is 6.85. The summed E-state index contributed by atoms with van der Waals surface area (Å²) in [5.74, 6) is -0.498. The molecule has 3 nitrogen and oxygen atoms in total. The van der Waals surface area contributed by atoms with Crippen molar-refractivity contribution in [3.63, 3.8) is 0 Å². The van der Waals surface area contributed by atoms with E-state index in [9.17, 15) is 4.79 Å². The van der Waals surface area contributed by atoms with Crippen molar-refractivity contribution in [2.24, 2.45) is 0 Å². The summed E-state index contributed by atoms with van der Waals surface area (Å²) in [5.41, 5.74) is 0. The van der Waals surface area contributed by atoms with Gasteiger partial charge in [-0.15, -0.1) is 0 Å². The van der Waals surface area contributed by atoms with Crippen molar-refractivity contribution in [1.82, 2.24) is 0 Å². The Balaban J connectivity index is 3.78. The van der Waals surface area contributed by atoms with Gasteiger partial charge in [0.25, 0.3) is 0 Å². The number of alkyl halides is 1. The Morgan fingerprint density at radius 3 is 2.67 bits per heavy atom. The normalized spacial score (nSPS) is 15.3. The van der Waals surface area contributed by atoms with Gasteiger partial charge >= 0.3 is 5.97 Å². The summed E-state index contributed by atoms with van der Waals surface area (Å²) in [7, 11) is 0. The summed E-state index contributed by atoms with van der Waals surface area (Å²) in [6, 6.07) is 0. The summed E-state index contributed by atoms with van der Waals surface area (Å²) in [4.78, 5) is 11.0. The van der Waals surface area contributed by atoms with Crippen LogP contribution >= 0.6 is 27.8 Å². The van der Waals surface area contributed by atoms with Crippen LogP contribution in [0.1, 0.15) is 26.2 Å². The third-order valence-electron chi connectivity index (χ3n) is 1.55. The molecule has 0 aromatic carbocycles. The Kier molecular flexibility index (Phi) is 5.88. The fraction of sp³-hybridized carbons (Fsp3) is 0.857. The minimum absolute atomic E-state index is 0.138. The van der Waals surface area contributed by atoms with Crippen molar-refractivity contribution >= 4 is 33.8 Å². The molecule has 0 fully saturated rings. The van der Waals surface area contributed by atoms with Gasteiger partial charge in [0.1, 0.15) is 16.2 Å². The number of unbranched alkanes of at least 4 members (excludes halogenated alkanes) is 1. The minimum Gasteiger partial charge on any atom is -0.396 e. The molecule has 0 aliphatic heterocycles. The highest BCUT2D eigenvalue weighted by atomic mass is 79.9. The van der Waals surface area contributed by atoms with Crippen molar-refractivity contribution in [1.29, 1.82) is 0 Å². The largest absolute Gasteiger partial charge is 0.396 e. The van der Waals surface area contributed by atoms with Gasteiger partial charge in [-0.25, -0.2) is 4.79 Å². The number of rotatable bonds is 5. The molecule has 0 aliphatic rings. The first-order valence-corrected chi connectivity index (χ1v) is 4.77. The quantitative estimate of drug-likeness (QED) is 0.607. The van der Waals surface area contributed by atoms with Gasteiger partial charge < -0.3 is 9.40 Å². The van der Waals surface area contributed by atoms with E-state index in [1.165, 1.54) is 0 Å². The van der Waals surface area contributed by atoms with Crippen LogP contribution in [0.3, 0.4) is 0 Å². The van der Waals surface area contributed by atoms with Crippen LogP contribution in [0.15, 0.2) is 0 Å². The third-order valence-corrected chi connectivity index (χ3v) is 2.41. The van der Waals surface area contributed by atoms with Crippen LogP contribution in [0.5, 0.6) is 0 Å². The summed E-state index contributed by atoms with van der Waals surface area (Å²) in [5, 5.41) is 8.50. The topological polar surface area (TPSA) is 46.5 Å². The summed E-state index contributed by atoms with van der Waals surface area (Å²) in [6.45, 7) is 1.83. The minimum atomic E-state index is -0.732. The molecule has 5 heteroatoms. The smallest absolute Gasteiger partial charge is 0.340 e. The third kappa shape index (κ3) is 4.28. The molecule has 0 aromatic heterocycles. The van der Waals surface area contributed by atoms with Gasteiger partial charge in [-0.1, -0.05) is 15.9 Å². The summed E-state index contributed by atoms with van der Waals surface area (Å²) in [6.07, 6.45) is 2.03. The second-order valence-corrected chi connectivity index (χ2v) is 4.65. The molecule has 0 aliphatic carbocycles. The second kappa shape index (κ2) is 5.78. The number of aliphatic hydroxyl groups is 1. The van der Waals surface area contributed by atoms with Crippen LogP contribution in [-0.4, -0.2) is 22.0 Å². The lowest BCUT2D eigenvalue weighted by molar-refractivity contribution is -0.136. The molecule has 72 valence electrons. The van der Waals surface area contributed by atoms with Gasteiger partial charge in [0.2, 0.25) is 0 Å². The highest BCUT2D eigenvalue weighted by Crippen LogP contribution is 2.26. The van der Waals surface area contributed by atoms with Crippen molar-refractivity contribution in [3.05, 3.63) is 0 Å². The van der Waals surface area contributed by atoms with Crippen molar-refractivity contribution in [2.45, 2.75) is 30.5 Å². The molecule has 0 radical (unpaired) electrons. The maximum atomic E-state index is 11.0. The molecule has 1 atom stereocenters. The Hall–Kier alpha value is 0.200. The number of hydrogen-bond acceptors (Lipinski definition) is 3. The fourth-order valence-corrected chi connectivity index (χ4v) is 1.38. The lowest BCUT2D eigenvalue weighted by Gasteiger charge is -2.17. The highest BCUT2D eigenvalue weighted by Gasteiger charge is 2.31. The highest BCUT2D eigenvalue weighted by molar-refractivity contribution is 9.10. The lowest BCUT2D eigenvalue weighted by atomic mass is 10.0. The molecule has 0 spiro atoms. The van der Waals surface area contributed by atoms with Gasteiger partial charge in [-0.05, 0) is 26.2 Å². The van der Waals surface area contributed by atoms with E-state index < -0.39 is 10.3 Å². The molecule has 0 amide bonds. The fourth-order valence-electron chi connectivity index (χ4n) is 0.751. The molecular weight excluding hydrogens is 247 g/mol. The molecule has 0 aromatic rings. The predicted octanol–water partition coefficient (Wildman–Crippen LogP) is 2.00. The lowest BCUT2D eigenvalue weighted by Crippen LogP contribution is -2.28. The maximum absolute atomic E-state index is 11.0. The molecule has 0 saturated carbocycles. The van der Waals surface area contributed by atoms with Gasteiger partial charge in [0, 0.05) is 6.61 Å². The van der Waals surface area contributed by atoms with Gasteiger partial charge in [-0.2, -0.15) is 0 Å². The van der Waals surface area contributed by atoms with Crippen LogP contribution in [0.2, 0.25) is 0 Å². The zero-order valence-corrected chi connectivity index (χ0v) is 9.19. The van der Waals surface area contributed by atoms with Crippen LogP contribution in [0, 0.1) is 0 Å². The van der Waals surface area contributed by atoms with Gasteiger partial charge in [-0.3, -0.25) is 0 Å². The average Bonchev–Trinajstić information content (AvgIpc) is 2.03. The molecule has 12 heavy (non-hydrogen) atoms. The molecule has 1 unspecified atom stereocenters. The van der Waals surface area contributed by atoms with Crippen LogP contribution in [-0.2, 0) is 9.08 Å². The average molecular weight is 260 g/mol. The standard InChI is InChI=1S/C7H12BrClO3/c1-7(8,6(11)12-9)4-2-3-5-10/h10H,2-5H2,1H3. The first-order valence-electron chi connectivity index (χ1n) is 3.67. The van der Waals surface area contributed by atoms with Gasteiger partial charge in [0.05, 0.1) is 0 Å². The number of aliphatic hydroxyl groups excluding tert-OH is 1. The van der Waals surface area contributed by atoms with E-state index in [1.807, 2.05) is 0 Å². The number of carbonyl (C=O) groups is 1. The van der Waals surface area contributed by atoms with Crippen LogP contribution in [0.4, 0.5) is 0 Å². The number of hydrogen-bond donors (Lipinski definition) is 1. The van der Waals surface area contributed by atoms with Crippen molar-refractivity contribution in [2.75, 3.05) is 6.61 Å². The van der Waals surface area contributed by atoms with Crippen molar-refractivity contribution in [3.8, 4) is 0 Å². The molecule has 0 heterocycles. The monoisotopic (exact) mass is 258 g/mol. The van der Waals surface area contributed by atoms with E-state index in [1.54, 1.807) is 6.92 Å². The Morgan fingerprint density at radius 1 is 1.67 bits per heavy atom.